The van der Waals surface area contributed by atoms with Crippen molar-refractivity contribution in [3.63, 3.8) is 0 Å². The van der Waals surface area contributed by atoms with Gasteiger partial charge < -0.3 is 7.43 Å². The molecule has 1 aliphatic carbocycles. The van der Waals surface area contributed by atoms with Gasteiger partial charge in [-0.2, -0.15) is 5.10 Å². The molecule has 2 aromatic rings. The molecule has 0 amide bonds. The molecule has 1 fully saturated rings. The van der Waals surface area contributed by atoms with Crippen molar-refractivity contribution in [2.75, 3.05) is 0 Å². The standard InChI is InChI=1S/C21H30N2.2C2H6.CH3.ClH.Y/c1-2-9-20-16-21(15-14-18-10-5-3-6-11-18)23(22-20)17-19-12-7-4-8-13-19;2*1-2;;;/h3,5-6,10-11,16,19H,2,4,7-9,12-15,17H2,1H3;2*1-2H3;1H3;1H;/q;;;-1;;. The van der Waals surface area contributed by atoms with Gasteiger partial charge in [-0.15, -0.1) is 12.4 Å². The molecule has 1 aromatic carbocycles. The zero-order valence-corrected chi connectivity index (χ0v) is 24.1. The molecular weight excluding hydrogens is 465 g/mol. The Hall–Kier alpha value is -0.176. The van der Waals surface area contributed by atoms with Crippen molar-refractivity contribution in [1.29, 1.82) is 0 Å². The quantitative estimate of drug-likeness (QED) is 0.344. The first-order valence-corrected chi connectivity index (χ1v) is 11.4. The molecule has 0 bridgehead atoms. The summed E-state index contributed by atoms with van der Waals surface area (Å²) in [5.74, 6) is 0.841. The largest absolute Gasteiger partial charge is 0.358 e. The molecule has 0 spiro atoms. The van der Waals surface area contributed by atoms with Gasteiger partial charge in [0.2, 0.25) is 0 Å². The molecule has 1 radical (unpaired) electrons. The number of halogens is 1. The van der Waals surface area contributed by atoms with E-state index in [1.54, 1.807) is 0 Å². The summed E-state index contributed by atoms with van der Waals surface area (Å²) in [4.78, 5) is 0. The SMILES string of the molecule is CC.CC.CCCc1cc(CCc2ccccc2)n(CC2CCCCC2)n1.Cl.[CH3-].[Y]. The number of benzene rings is 1. The molecule has 1 aliphatic rings. The van der Waals surface area contributed by atoms with E-state index in [1.165, 1.54) is 55.5 Å². The van der Waals surface area contributed by atoms with Crippen molar-refractivity contribution < 1.29 is 32.7 Å². The zero-order chi connectivity index (χ0) is 19.9. The van der Waals surface area contributed by atoms with E-state index in [4.69, 9.17) is 5.10 Å². The third-order valence-electron chi connectivity index (χ3n) is 5.09. The van der Waals surface area contributed by atoms with Crippen molar-refractivity contribution >= 4 is 12.4 Å². The smallest absolute Gasteiger partial charge is 0.0627 e. The van der Waals surface area contributed by atoms with Crippen LogP contribution in [0.4, 0.5) is 0 Å². The van der Waals surface area contributed by atoms with Gasteiger partial charge in [0.1, 0.15) is 0 Å². The summed E-state index contributed by atoms with van der Waals surface area (Å²) in [7, 11) is 0. The molecule has 4 heteroatoms. The summed E-state index contributed by atoms with van der Waals surface area (Å²) >= 11 is 0. The van der Waals surface area contributed by atoms with Crippen molar-refractivity contribution in [2.24, 2.45) is 5.92 Å². The third kappa shape index (κ3) is 12.6. The van der Waals surface area contributed by atoms with Gasteiger partial charge in [0.15, 0.2) is 0 Å². The Balaban J connectivity index is -0.000000984. The Bertz CT molecular complexity index is 592. The number of rotatable bonds is 7. The molecule has 0 atom stereocenters. The molecule has 2 nitrogen and oxygen atoms in total. The van der Waals surface area contributed by atoms with E-state index in [0.717, 1.165) is 31.7 Å². The average Bonchev–Trinajstić information content (AvgIpc) is 3.12. The Kier molecular flexibility index (Phi) is 25.3. The predicted molar refractivity (Wildman–Crippen MR) is 133 cm³/mol. The van der Waals surface area contributed by atoms with Crippen molar-refractivity contribution in [2.45, 2.75) is 99.0 Å². The minimum absolute atomic E-state index is 0. The molecule has 1 aromatic heterocycles. The number of hydrogen-bond donors (Lipinski definition) is 0. The van der Waals surface area contributed by atoms with E-state index in [9.17, 15) is 0 Å². The van der Waals surface area contributed by atoms with E-state index in [0.29, 0.717) is 0 Å². The summed E-state index contributed by atoms with van der Waals surface area (Å²) < 4.78 is 2.34. The van der Waals surface area contributed by atoms with Gasteiger partial charge >= 0.3 is 0 Å². The first-order valence-electron chi connectivity index (χ1n) is 11.4. The summed E-state index contributed by atoms with van der Waals surface area (Å²) in [6.45, 7) is 11.4. The number of aromatic nitrogens is 2. The summed E-state index contributed by atoms with van der Waals surface area (Å²) in [6, 6.07) is 13.2. The molecule has 1 heterocycles. The minimum atomic E-state index is 0. The van der Waals surface area contributed by atoms with Crippen LogP contribution in [-0.4, -0.2) is 9.78 Å². The van der Waals surface area contributed by atoms with Gasteiger partial charge in [0.05, 0.1) is 5.69 Å². The Morgan fingerprint density at radius 3 is 2.07 bits per heavy atom. The molecule has 0 aliphatic heterocycles. The van der Waals surface area contributed by atoms with Crippen LogP contribution < -0.4 is 0 Å². The predicted octanol–water partition coefficient (Wildman–Crippen LogP) is 8.12. The van der Waals surface area contributed by atoms with Gasteiger partial charge in [-0.05, 0) is 49.7 Å². The molecular formula is C26H46ClN2Y-. The Morgan fingerprint density at radius 1 is 0.900 bits per heavy atom. The molecule has 171 valence electrons. The Morgan fingerprint density at radius 2 is 1.50 bits per heavy atom. The maximum absolute atomic E-state index is 4.92. The number of aryl methyl sites for hydroxylation is 3. The molecule has 30 heavy (non-hydrogen) atoms. The van der Waals surface area contributed by atoms with Crippen LogP contribution in [0.1, 0.15) is 90.1 Å². The van der Waals surface area contributed by atoms with Crippen molar-refractivity contribution in [1.82, 2.24) is 9.78 Å². The van der Waals surface area contributed by atoms with Gasteiger partial charge in [-0.25, -0.2) is 0 Å². The molecule has 0 unspecified atom stereocenters. The molecule has 0 saturated heterocycles. The fourth-order valence-corrected chi connectivity index (χ4v) is 3.78. The number of nitrogens with zero attached hydrogens (tertiary/aromatic N) is 2. The second-order valence-electron chi connectivity index (χ2n) is 7.05. The summed E-state index contributed by atoms with van der Waals surface area (Å²) in [6.07, 6.45) is 11.5. The fraction of sp³-hybridized carbons (Fsp3) is 0.615. The average molecular weight is 511 g/mol. The number of hydrogen-bond acceptors (Lipinski definition) is 1. The second-order valence-corrected chi connectivity index (χ2v) is 7.05. The van der Waals surface area contributed by atoms with Crippen LogP contribution in [0.15, 0.2) is 36.4 Å². The van der Waals surface area contributed by atoms with Crippen LogP contribution in [0, 0.1) is 13.3 Å². The minimum Gasteiger partial charge on any atom is -0.358 e. The van der Waals surface area contributed by atoms with E-state index < -0.39 is 0 Å². The molecule has 3 rings (SSSR count). The van der Waals surface area contributed by atoms with E-state index in [-0.39, 0.29) is 52.5 Å². The van der Waals surface area contributed by atoms with Crippen LogP contribution in [-0.2, 0) is 58.5 Å². The first-order chi connectivity index (χ1) is 13.3. The molecule has 1 saturated carbocycles. The topological polar surface area (TPSA) is 17.8 Å². The van der Waals surface area contributed by atoms with Crippen LogP contribution >= 0.6 is 12.4 Å². The maximum Gasteiger partial charge on any atom is 0.0627 e. The fourth-order valence-electron chi connectivity index (χ4n) is 3.78. The second kappa shape index (κ2) is 22.0. The Labute approximate surface area is 219 Å². The van der Waals surface area contributed by atoms with Gasteiger partial charge in [-0.1, -0.05) is 90.6 Å². The zero-order valence-electron chi connectivity index (χ0n) is 20.5. The van der Waals surface area contributed by atoms with Crippen molar-refractivity contribution in [3.05, 3.63) is 60.8 Å². The summed E-state index contributed by atoms with van der Waals surface area (Å²) in [5, 5.41) is 4.92. The monoisotopic (exact) mass is 510 g/mol. The van der Waals surface area contributed by atoms with E-state index >= 15 is 0 Å². The van der Waals surface area contributed by atoms with Gasteiger partial charge in [0.25, 0.3) is 0 Å². The first kappa shape index (κ1) is 34.4. The normalized spacial score (nSPS) is 12.6. The van der Waals surface area contributed by atoms with Crippen LogP contribution in [0.25, 0.3) is 0 Å². The summed E-state index contributed by atoms with van der Waals surface area (Å²) in [5.41, 5.74) is 4.14. The van der Waals surface area contributed by atoms with Crippen molar-refractivity contribution in [3.8, 4) is 0 Å². The van der Waals surface area contributed by atoms with Crippen LogP contribution in [0.3, 0.4) is 0 Å². The van der Waals surface area contributed by atoms with Gasteiger partial charge in [0, 0.05) is 44.9 Å². The van der Waals surface area contributed by atoms with E-state index in [1.807, 2.05) is 27.7 Å². The third-order valence-corrected chi connectivity index (χ3v) is 5.09. The van der Waals surface area contributed by atoms with Crippen LogP contribution in [0.2, 0.25) is 0 Å². The van der Waals surface area contributed by atoms with Gasteiger partial charge in [-0.3, -0.25) is 4.68 Å². The van der Waals surface area contributed by atoms with E-state index in [2.05, 4.69) is 48.0 Å². The molecule has 0 N–H and O–H groups in total. The van der Waals surface area contributed by atoms with Crippen LogP contribution in [0.5, 0.6) is 0 Å². The maximum atomic E-state index is 4.92.